The summed E-state index contributed by atoms with van der Waals surface area (Å²) in [6, 6.07) is 15.8. The van der Waals surface area contributed by atoms with E-state index in [9.17, 15) is 4.79 Å². The zero-order valence-corrected chi connectivity index (χ0v) is 17.9. The minimum atomic E-state index is -0.0498. The van der Waals surface area contributed by atoms with Crippen molar-refractivity contribution in [3.05, 3.63) is 84.4 Å². The quantitative estimate of drug-likeness (QED) is 0.389. The summed E-state index contributed by atoms with van der Waals surface area (Å²) in [6.45, 7) is 13.2. The van der Waals surface area contributed by atoms with Crippen LogP contribution in [0.1, 0.15) is 24.8 Å². The van der Waals surface area contributed by atoms with Crippen LogP contribution in [0.15, 0.2) is 67.4 Å². The molecule has 0 spiro atoms. The van der Waals surface area contributed by atoms with Gasteiger partial charge in [-0.3, -0.25) is 4.79 Å². The van der Waals surface area contributed by atoms with Gasteiger partial charge in [0.1, 0.15) is 0 Å². The molecule has 0 saturated carbocycles. The number of nitrogens with zero attached hydrogens (tertiary/aromatic N) is 4. The number of aromatic nitrogens is 2. The maximum absolute atomic E-state index is 11.7. The predicted molar refractivity (Wildman–Crippen MR) is 128 cm³/mol. The molecule has 0 amide bonds. The van der Waals surface area contributed by atoms with Gasteiger partial charge < -0.3 is 10.2 Å². The van der Waals surface area contributed by atoms with E-state index < -0.39 is 0 Å². The average molecular weight is 424 g/mol. The minimum absolute atomic E-state index is 0.0498. The molecule has 1 saturated heterocycles. The summed E-state index contributed by atoms with van der Waals surface area (Å²) in [5.74, 6) is 0.377. The highest BCUT2D eigenvalue weighted by atomic mass is 16.1. The van der Waals surface area contributed by atoms with Crippen molar-refractivity contribution in [3.63, 3.8) is 0 Å². The third-order valence-electron chi connectivity index (χ3n) is 5.52. The second kappa shape index (κ2) is 9.88. The highest BCUT2D eigenvalue weighted by Crippen LogP contribution is 2.31. The molecule has 160 valence electrons. The number of hydrogen-bond acceptors (Lipinski definition) is 5. The van der Waals surface area contributed by atoms with Crippen molar-refractivity contribution in [1.29, 1.82) is 0 Å². The van der Waals surface area contributed by atoms with E-state index in [2.05, 4.69) is 43.7 Å². The van der Waals surface area contributed by atoms with Gasteiger partial charge in [-0.15, -0.1) is 0 Å². The summed E-state index contributed by atoms with van der Waals surface area (Å²) >= 11 is 0. The second-order valence-corrected chi connectivity index (χ2v) is 7.81. The molecule has 1 aliphatic heterocycles. The van der Waals surface area contributed by atoms with Crippen molar-refractivity contribution in [1.82, 2.24) is 9.97 Å². The van der Waals surface area contributed by atoms with Gasteiger partial charge in [0.15, 0.2) is 5.78 Å². The van der Waals surface area contributed by atoms with Crippen LogP contribution >= 0.6 is 0 Å². The summed E-state index contributed by atoms with van der Waals surface area (Å²) in [4.78, 5) is 26.7. The number of hydrogen-bond donors (Lipinski definition) is 1. The summed E-state index contributed by atoms with van der Waals surface area (Å²) in [5.41, 5.74) is 4.62. The molecule has 1 aromatic heterocycles. The van der Waals surface area contributed by atoms with Crippen molar-refractivity contribution in [2.45, 2.75) is 25.7 Å². The Balaban J connectivity index is 1.61. The number of anilines is 3. The summed E-state index contributed by atoms with van der Waals surface area (Å²) in [6.07, 6.45) is 6.86. The lowest BCUT2D eigenvalue weighted by molar-refractivity contribution is -0.114. The highest BCUT2D eigenvalue weighted by molar-refractivity contribution is 5.91. The largest absolute Gasteiger partial charge is 0.371 e. The number of ketones is 1. The molecular formula is C26H25N5O. The summed E-state index contributed by atoms with van der Waals surface area (Å²) < 4.78 is 0. The lowest BCUT2D eigenvalue weighted by Crippen LogP contribution is -2.29. The Hall–Kier alpha value is -3.98. The molecule has 4 rings (SSSR count). The zero-order valence-electron chi connectivity index (χ0n) is 17.9. The van der Waals surface area contributed by atoms with Gasteiger partial charge in [-0.05, 0) is 54.7 Å². The monoisotopic (exact) mass is 423 g/mol. The number of rotatable bonds is 7. The molecule has 6 heteroatoms. The minimum Gasteiger partial charge on any atom is -0.371 e. The Morgan fingerprint density at radius 3 is 2.75 bits per heavy atom. The number of benzene rings is 2. The number of carbonyl (C=O) groups is 1. The third kappa shape index (κ3) is 5.01. The molecule has 0 atom stereocenters. The molecule has 1 fully saturated rings. The molecule has 0 radical (unpaired) electrons. The van der Waals surface area contributed by atoms with Crippen molar-refractivity contribution >= 4 is 28.8 Å². The normalized spacial score (nSPS) is 13.3. The van der Waals surface area contributed by atoms with Crippen molar-refractivity contribution in [2.75, 3.05) is 23.3 Å². The standard InChI is InChI=1S/C26H25N5O/c1-3-23(32)16-19-9-7-10-20(15-19)25-24(27-2)18-28-26(30-25)29-21-11-8-12-22(17-21)31-13-5-4-6-14-31/h3,7-12,15,17-18H,1,4-6,13-14,16H2,(H,28,29,30). The maximum Gasteiger partial charge on any atom is 0.230 e. The van der Waals surface area contributed by atoms with E-state index in [0.717, 1.165) is 29.9 Å². The number of piperidine rings is 1. The van der Waals surface area contributed by atoms with Crippen LogP contribution in [0, 0.1) is 6.57 Å². The van der Waals surface area contributed by atoms with E-state index >= 15 is 0 Å². The SMILES string of the molecule is [C-]#[N+]c1cnc(Nc2cccc(N3CCCCC3)c2)nc1-c1cccc(CC(=O)C=C)c1. The number of allylic oxidation sites excluding steroid dienone is 1. The summed E-state index contributed by atoms with van der Waals surface area (Å²) in [7, 11) is 0. The fourth-order valence-electron chi connectivity index (χ4n) is 3.89. The van der Waals surface area contributed by atoms with Gasteiger partial charge in [-0.1, -0.05) is 36.9 Å². The molecule has 6 nitrogen and oxygen atoms in total. The van der Waals surface area contributed by atoms with Crippen LogP contribution in [0.5, 0.6) is 0 Å². The van der Waals surface area contributed by atoms with E-state index in [0.29, 0.717) is 17.3 Å². The molecule has 1 aliphatic rings. The van der Waals surface area contributed by atoms with Crippen LogP contribution < -0.4 is 10.2 Å². The number of nitrogens with one attached hydrogen (secondary N) is 1. The first kappa shape index (κ1) is 21.3. The van der Waals surface area contributed by atoms with E-state index in [4.69, 9.17) is 6.57 Å². The molecule has 2 heterocycles. The molecule has 1 N–H and O–H groups in total. The average Bonchev–Trinajstić information content (AvgIpc) is 2.85. The Kier molecular flexibility index (Phi) is 6.57. The first-order valence-corrected chi connectivity index (χ1v) is 10.8. The van der Waals surface area contributed by atoms with Gasteiger partial charge in [-0.2, -0.15) is 0 Å². The van der Waals surface area contributed by atoms with Crippen molar-refractivity contribution < 1.29 is 4.79 Å². The first-order chi connectivity index (χ1) is 15.7. The van der Waals surface area contributed by atoms with Gasteiger partial charge in [0.2, 0.25) is 11.6 Å². The number of carbonyl (C=O) groups excluding carboxylic acids is 1. The van der Waals surface area contributed by atoms with E-state index in [1.165, 1.54) is 37.2 Å². The Bertz CT molecular complexity index is 1170. The molecule has 0 aliphatic carbocycles. The first-order valence-electron chi connectivity index (χ1n) is 10.8. The lowest BCUT2D eigenvalue weighted by atomic mass is 10.0. The van der Waals surface area contributed by atoms with Crippen molar-refractivity contribution in [2.24, 2.45) is 0 Å². The molecule has 0 unspecified atom stereocenters. The van der Waals surface area contributed by atoms with Gasteiger partial charge in [0.25, 0.3) is 0 Å². The van der Waals surface area contributed by atoms with Crippen LogP contribution in [-0.2, 0) is 11.2 Å². The molecule has 0 bridgehead atoms. The van der Waals surface area contributed by atoms with Crippen LogP contribution in [0.2, 0.25) is 0 Å². The lowest BCUT2D eigenvalue weighted by Gasteiger charge is -2.29. The fraction of sp³-hybridized carbons (Fsp3) is 0.231. The van der Waals surface area contributed by atoms with Crippen LogP contribution in [-0.4, -0.2) is 28.8 Å². The van der Waals surface area contributed by atoms with Gasteiger partial charge >= 0.3 is 0 Å². The van der Waals surface area contributed by atoms with Crippen LogP contribution in [0.25, 0.3) is 16.1 Å². The van der Waals surface area contributed by atoms with Crippen LogP contribution in [0.3, 0.4) is 0 Å². The molecule has 3 aromatic rings. The fourth-order valence-corrected chi connectivity index (χ4v) is 3.89. The third-order valence-corrected chi connectivity index (χ3v) is 5.52. The van der Waals surface area contributed by atoms with Gasteiger partial charge in [0, 0.05) is 37.1 Å². The van der Waals surface area contributed by atoms with Crippen molar-refractivity contribution in [3.8, 4) is 11.3 Å². The van der Waals surface area contributed by atoms with Crippen LogP contribution in [0.4, 0.5) is 23.0 Å². The zero-order chi connectivity index (χ0) is 22.3. The Labute approximate surface area is 188 Å². The topological polar surface area (TPSA) is 62.5 Å². The molecule has 32 heavy (non-hydrogen) atoms. The van der Waals surface area contributed by atoms with E-state index in [-0.39, 0.29) is 12.2 Å². The predicted octanol–water partition coefficient (Wildman–Crippen LogP) is 5.73. The maximum atomic E-state index is 11.7. The smallest absolute Gasteiger partial charge is 0.230 e. The molecular weight excluding hydrogens is 398 g/mol. The van der Waals surface area contributed by atoms with E-state index in [1.807, 2.05) is 36.4 Å². The van der Waals surface area contributed by atoms with Gasteiger partial charge in [-0.25, -0.2) is 14.8 Å². The second-order valence-electron chi connectivity index (χ2n) is 7.81. The summed E-state index contributed by atoms with van der Waals surface area (Å²) in [5, 5.41) is 3.28. The van der Waals surface area contributed by atoms with Gasteiger partial charge in [0.05, 0.1) is 12.3 Å². The van der Waals surface area contributed by atoms with E-state index in [1.54, 1.807) is 0 Å². The Morgan fingerprint density at radius 1 is 1.16 bits per heavy atom. The molecule has 2 aromatic carbocycles. The highest BCUT2D eigenvalue weighted by Gasteiger charge is 2.13. The Morgan fingerprint density at radius 2 is 1.97 bits per heavy atom.